The third-order valence-electron chi connectivity index (χ3n) is 8.74. The SMILES string of the molecule is CC1(C)C(=O)N(c2ccc3c(c2)COC3=O)C(=S)N1CCCCCCCN1CCN(C(=O)C2CCC2)CC1. The highest BCUT2D eigenvalue weighted by atomic mass is 32.1. The Morgan fingerprint density at radius 3 is 2.37 bits per heavy atom. The molecular weight excluding hydrogens is 500 g/mol. The van der Waals surface area contributed by atoms with Crippen LogP contribution in [0.5, 0.6) is 0 Å². The van der Waals surface area contributed by atoms with Crippen molar-refractivity contribution in [2.45, 2.75) is 77.4 Å². The molecule has 0 unspecified atom stereocenters. The smallest absolute Gasteiger partial charge is 0.338 e. The van der Waals surface area contributed by atoms with Crippen LogP contribution in [0.25, 0.3) is 0 Å². The van der Waals surface area contributed by atoms with Gasteiger partial charge in [-0.3, -0.25) is 19.4 Å². The predicted octanol–water partition coefficient (Wildman–Crippen LogP) is 3.96. The Balaban J connectivity index is 1.01. The van der Waals surface area contributed by atoms with Gasteiger partial charge in [-0.25, -0.2) is 4.79 Å². The zero-order valence-electron chi connectivity index (χ0n) is 22.7. The summed E-state index contributed by atoms with van der Waals surface area (Å²) in [6.45, 7) is 9.72. The van der Waals surface area contributed by atoms with Crippen LogP contribution in [0.2, 0.25) is 0 Å². The second kappa shape index (κ2) is 11.3. The van der Waals surface area contributed by atoms with Gasteiger partial charge in [0.25, 0.3) is 5.91 Å². The van der Waals surface area contributed by atoms with E-state index in [0.29, 0.717) is 28.2 Å². The van der Waals surface area contributed by atoms with Gasteiger partial charge in [0.1, 0.15) is 12.1 Å². The van der Waals surface area contributed by atoms with Crippen LogP contribution in [-0.2, 0) is 20.9 Å². The van der Waals surface area contributed by atoms with Crippen molar-refractivity contribution in [3.05, 3.63) is 29.3 Å². The van der Waals surface area contributed by atoms with Crippen molar-refractivity contribution in [3.63, 3.8) is 0 Å². The molecule has 4 aliphatic rings. The molecule has 2 saturated heterocycles. The lowest BCUT2D eigenvalue weighted by atomic mass is 9.84. The molecule has 8 nitrogen and oxygen atoms in total. The molecule has 1 aliphatic carbocycles. The molecule has 0 N–H and O–H groups in total. The molecule has 5 rings (SSSR count). The number of fused-ring (bicyclic) bond motifs is 1. The maximum absolute atomic E-state index is 13.3. The maximum Gasteiger partial charge on any atom is 0.338 e. The average molecular weight is 541 g/mol. The lowest BCUT2D eigenvalue weighted by Crippen LogP contribution is -2.51. The van der Waals surface area contributed by atoms with Gasteiger partial charge in [0.2, 0.25) is 5.91 Å². The number of thiocarbonyl (C=S) groups is 1. The van der Waals surface area contributed by atoms with E-state index < -0.39 is 5.54 Å². The third kappa shape index (κ3) is 5.32. The molecule has 38 heavy (non-hydrogen) atoms. The van der Waals surface area contributed by atoms with Gasteiger partial charge in [-0.05, 0) is 76.5 Å². The number of carbonyl (C=O) groups is 3. The van der Waals surface area contributed by atoms with Crippen molar-refractivity contribution in [2.24, 2.45) is 5.92 Å². The number of hydrogen-bond acceptors (Lipinski definition) is 6. The van der Waals surface area contributed by atoms with Gasteiger partial charge >= 0.3 is 5.97 Å². The van der Waals surface area contributed by atoms with E-state index >= 15 is 0 Å². The molecule has 2 amide bonds. The fraction of sp³-hybridized carbons (Fsp3) is 0.655. The Morgan fingerprint density at radius 2 is 1.68 bits per heavy atom. The van der Waals surface area contributed by atoms with E-state index in [9.17, 15) is 14.4 Å². The van der Waals surface area contributed by atoms with Crippen LogP contribution in [0, 0.1) is 5.92 Å². The maximum atomic E-state index is 13.3. The number of rotatable bonds is 10. The van der Waals surface area contributed by atoms with Gasteiger partial charge < -0.3 is 14.5 Å². The molecule has 0 spiro atoms. The van der Waals surface area contributed by atoms with Crippen LogP contribution >= 0.6 is 12.2 Å². The summed E-state index contributed by atoms with van der Waals surface area (Å²) in [7, 11) is 0. The molecule has 3 fully saturated rings. The number of anilines is 1. The number of ether oxygens (including phenoxy) is 1. The van der Waals surface area contributed by atoms with Gasteiger partial charge in [0.15, 0.2) is 5.11 Å². The van der Waals surface area contributed by atoms with E-state index in [-0.39, 0.29) is 18.5 Å². The second-order valence-corrected chi connectivity index (χ2v) is 12.0. The van der Waals surface area contributed by atoms with E-state index in [4.69, 9.17) is 17.0 Å². The van der Waals surface area contributed by atoms with Crippen LogP contribution in [0.1, 0.15) is 81.1 Å². The fourth-order valence-electron chi connectivity index (χ4n) is 5.94. The highest BCUT2D eigenvalue weighted by Gasteiger charge is 2.49. The first-order valence-electron chi connectivity index (χ1n) is 14.2. The van der Waals surface area contributed by atoms with E-state index in [1.165, 1.54) is 19.3 Å². The topological polar surface area (TPSA) is 73.4 Å². The first kappa shape index (κ1) is 27.1. The van der Waals surface area contributed by atoms with E-state index in [0.717, 1.165) is 76.9 Å². The number of esters is 1. The van der Waals surface area contributed by atoms with Gasteiger partial charge in [0.05, 0.1) is 11.3 Å². The Kier molecular flexibility index (Phi) is 8.05. The lowest BCUT2D eigenvalue weighted by molar-refractivity contribution is -0.140. The van der Waals surface area contributed by atoms with Crippen molar-refractivity contribution in [1.29, 1.82) is 0 Å². The zero-order valence-corrected chi connectivity index (χ0v) is 23.6. The van der Waals surface area contributed by atoms with E-state index in [1.807, 2.05) is 24.8 Å². The van der Waals surface area contributed by atoms with Crippen molar-refractivity contribution in [1.82, 2.24) is 14.7 Å². The van der Waals surface area contributed by atoms with Crippen LogP contribution < -0.4 is 4.90 Å². The van der Waals surface area contributed by atoms with Gasteiger partial charge in [0, 0.05) is 44.2 Å². The molecule has 1 saturated carbocycles. The number of piperazine rings is 1. The Morgan fingerprint density at radius 1 is 1.00 bits per heavy atom. The summed E-state index contributed by atoms with van der Waals surface area (Å²) in [5, 5.41) is 0.528. The molecule has 3 heterocycles. The van der Waals surface area contributed by atoms with Crippen LogP contribution in [-0.4, -0.2) is 82.4 Å². The summed E-state index contributed by atoms with van der Waals surface area (Å²) in [6, 6.07) is 5.34. The van der Waals surface area contributed by atoms with Crippen molar-refractivity contribution < 1.29 is 19.1 Å². The minimum Gasteiger partial charge on any atom is -0.457 e. The quantitative estimate of drug-likeness (QED) is 0.253. The van der Waals surface area contributed by atoms with Crippen LogP contribution in [0.3, 0.4) is 0 Å². The largest absolute Gasteiger partial charge is 0.457 e. The number of carbonyl (C=O) groups excluding carboxylic acids is 3. The Hall–Kier alpha value is -2.52. The van der Waals surface area contributed by atoms with Crippen molar-refractivity contribution >= 4 is 40.8 Å². The predicted molar refractivity (Wildman–Crippen MR) is 150 cm³/mol. The number of cyclic esters (lactones) is 1. The molecule has 0 radical (unpaired) electrons. The zero-order chi connectivity index (χ0) is 26.9. The monoisotopic (exact) mass is 540 g/mol. The lowest BCUT2D eigenvalue weighted by Gasteiger charge is -2.38. The molecule has 0 atom stereocenters. The number of nitrogens with zero attached hydrogens (tertiary/aromatic N) is 4. The minimum absolute atomic E-state index is 0.0397. The summed E-state index contributed by atoms with van der Waals surface area (Å²) in [4.78, 5) is 45.8. The van der Waals surface area contributed by atoms with Gasteiger partial charge in [-0.1, -0.05) is 25.7 Å². The van der Waals surface area contributed by atoms with Crippen LogP contribution in [0.15, 0.2) is 18.2 Å². The van der Waals surface area contributed by atoms with Crippen molar-refractivity contribution in [3.8, 4) is 0 Å². The summed E-state index contributed by atoms with van der Waals surface area (Å²) >= 11 is 5.76. The minimum atomic E-state index is -0.704. The molecule has 0 aromatic heterocycles. The number of benzene rings is 1. The molecule has 3 aliphatic heterocycles. The normalized spacial score (nSPS) is 21.6. The average Bonchev–Trinajstić information content (AvgIpc) is 3.31. The highest BCUT2D eigenvalue weighted by molar-refractivity contribution is 7.80. The van der Waals surface area contributed by atoms with E-state index in [1.54, 1.807) is 17.0 Å². The standard InChI is InChI=1S/C29H40N4O4S/c1-29(2)27(36)33(23-11-12-24-22(19-23)20-37-26(24)35)28(38)32(29)14-7-5-3-4-6-13-30-15-17-31(18-16-30)25(34)21-9-8-10-21/h11-12,19,21H,3-10,13-18,20H2,1-2H3. The molecule has 1 aromatic rings. The second-order valence-electron chi connectivity index (χ2n) is 11.6. The number of hydrogen-bond donors (Lipinski definition) is 0. The molecule has 9 heteroatoms. The van der Waals surface area contributed by atoms with Crippen LogP contribution in [0.4, 0.5) is 5.69 Å². The summed E-state index contributed by atoms with van der Waals surface area (Å²) in [5.74, 6) is 0.341. The molecule has 0 bridgehead atoms. The Bertz CT molecular complexity index is 1090. The number of amides is 2. The Labute approximate surface area is 231 Å². The summed E-state index contributed by atoms with van der Waals surface area (Å²) in [5.41, 5.74) is 1.35. The summed E-state index contributed by atoms with van der Waals surface area (Å²) in [6.07, 6.45) is 9.01. The van der Waals surface area contributed by atoms with Gasteiger partial charge in [-0.15, -0.1) is 0 Å². The third-order valence-corrected chi connectivity index (χ3v) is 9.15. The van der Waals surface area contributed by atoms with E-state index in [2.05, 4.69) is 9.80 Å². The molecular formula is C29H40N4O4S. The highest BCUT2D eigenvalue weighted by Crippen LogP contribution is 2.34. The number of unbranched alkanes of at least 4 members (excludes halogenated alkanes) is 4. The first-order valence-corrected chi connectivity index (χ1v) is 14.7. The first-order chi connectivity index (χ1) is 18.3. The molecule has 1 aromatic carbocycles. The van der Waals surface area contributed by atoms with Gasteiger partial charge in [-0.2, -0.15) is 0 Å². The van der Waals surface area contributed by atoms with Crippen molar-refractivity contribution in [2.75, 3.05) is 44.2 Å². The summed E-state index contributed by atoms with van der Waals surface area (Å²) < 4.78 is 5.11. The molecule has 206 valence electrons. The fourth-order valence-corrected chi connectivity index (χ4v) is 6.45.